The second kappa shape index (κ2) is 5.40. The van der Waals surface area contributed by atoms with Crippen molar-refractivity contribution in [1.82, 2.24) is 4.31 Å². The molecule has 1 aromatic carbocycles. The van der Waals surface area contributed by atoms with Crippen LogP contribution >= 0.6 is 15.9 Å². The van der Waals surface area contributed by atoms with E-state index in [1.807, 2.05) is 0 Å². The third kappa shape index (κ3) is 2.79. The first kappa shape index (κ1) is 14.8. The van der Waals surface area contributed by atoms with Crippen molar-refractivity contribution < 1.29 is 13.2 Å². The molecule has 0 aromatic heterocycles. The molecule has 1 aliphatic heterocycles. The van der Waals surface area contributed by atoms with E-state index in [0.29, 0.717) is 28.9 Å². The number of aryl methyl sites for hydroxylation is 1. The Bertz CT molecular complexity index is 583. The van der Waals surface area contributed by atoms with E-state index in [-0.39, 0.29) is 10.9 Å². The van der Waals surface area contributed by atoms with E-state index in [1.54, 1.807) is 20.0 Å². The molecule has 0 saturated carbocycles. The Morgan fingerprint density at radius 3 is 2.74 bits per heavy atom. The Kier molecular flexibility index (Phi) is 4.20. The molecule has 0 spiro atoms. The van der Waals surface area contributed by atoms with Crippen LogP contribution in [0.15, 0.2) is 21.5 Å². The largest absolute Gasteiger partial charge is 0.398 e. The van der Waals surface area contributed by atoms with Gasteiger partial charge in [0.25, 0.3) is 0 Å². The number of ether oxygens (including phenoxy) is 1. The van der Waals surface area contributed by atoms with Gasteiger partial charge in [-0.15, -0.1) is 0 Å². The number of nitrogens with two attached hydrogens (primary N) is 1. The number of anilines is 1. The van der Waals surface area contributed by atoms with Crippen molar-refractivity contribution in [1.29, 1.82) is 0 Å². The summed E-state index contributed by atoms with van der Waals surface area (Å²) < 4.78 is 32.5. The minimum Gasteiger partial charge on any atom is -0.398 e. The van der Waals surface area contributed by atoms with Crippen molar-refractivity contribution in [3.8, 4) is 0 Å². The second-order valence-electron chi connectivity index (χ2n) is 4.68. The predicted octanol–water partition coefficient (Wildman–Crippen LogP) is 1.75. The third-order valence-corrected chi connectivity index (χ3v) is 6.11. The minimum atomic E-state index is -3.54. The van der Waals surface area contributed by atoms with Gasteiger partial charge >= 0.3 is 0 Å². The van der Waals surface area contributed by atoms with Crippen molar-refractivity contribution in [2.24, 2.45) is 0 Å². The molecule has 1 atom stereocenters. The van der Waals surface area contributed by atoms with Crippen LogP contribution in [-0.2, 0) is 14.8 Å². The Labute approximate surface area is 121 Å². The van der Waals surface area contributed by atoms with Crippen LogP contribution in [0.25, 0.3) is 0 Å². The van der Waals surface area contributed by atoms with Gasteiger partial charge in [-0.2, -0.15) is 4.31 Å². The number of hydrogen-bond donors (Lipinski definition) is 1. The van der Waals surface area contributed by atoms with Gasteiger partial charge in [0.2, 0.25) is 10.0 Å². The molecule has 0 amide bonds. The monoisotopic (exact) mass is 348 g/mol. The average Bonchev–Trinajstić information content (AvgIpc) is 2.86. The molecule has 1 aliphatic rings. The summed E-state index contributed by atoms with van der Waals surface area (Å²) in [5.41, 5.74) is 6.88. The van der Waals surface area contributed by atoms with Gasteiger partial charge in [0.1, 0.15) is 0 Å². The van der Waals surface area contributed by atoms with Crippen molar-refractivity contribution in [3.05, 3.63) is 22.2 Å². The molecule has 1 fully saturated rings. The van der Waals surface area contributed by atoms with Crippen LogP contribution in [0.1, 0.15) is 12.0 Å². The lowest BCUT2D eigenvalue weighted by molar-refractivity contribution is 0.181. The summed E-state index contributed by atoms with van der Waals surface area (Å²) in [5.74, 6) is 0. The van der Waals surface area contributed by atoms with Crippen LogP contribution in [0.4, 0.5) is 5.69 Å². The first-order valence-electron chi connectivity index (χ1n) is 5.95. The Balaban J connectivity index is 2.41. The Hall–Kier alpha value is -0.630. The van der Waals surface area contributed by atoms with E-state index < -0.39 is 10.0 Å². The van der Waals surface area contributed by atoms with E-state index >= 15 is 0 Å². The lowest BCUT2D eigenvalue weighted by Gasteiger charge is -2.23. The highest BCUT2D eigenvalue weighted by Gasteiger charge is 2.31. The first-order valence-corrected chi connectivity index (χ1v) is 8.18. The summed E-state index contributed by atoms with van der Waals surface area (Å²) >= 11 is 3.30. The van der Waals surface area contributed by atoms with E-state index in [9.17, 15) is 8.42 Å². The first-order chi connectivity index (χ1) is 8.84. The van der Waals surface area contributed by atoms with Crippen molar-refractivity contribution in [2.45, 2.75) is 24.3 Å². The average molecular weight is 349 g/mol. The maximum Gasteiger partial charge on any atom is 0.243 e. The maximum absolute atomic E-state index is 12.6. The zero-order valence-corrected chi connectivity index (χ0v) is 13.3. The lowest BCUT2D eigenvalue weighted by atomic mass is 10.2. The predicted molar refractivity (Wildman–Crippen MR) is 77.5 cm³/mol. The van der Waals surface area contributed by atoms with Gasteiger partial charge in [0.15, 0.2) is 0 Å². The topological polar surface area (TPSA) is 72.6 Å². The Morgan fingerprint density at radius 1 is 1.47 bits per heavy atom. The number of nitrogen functional groups attached to an aromatic ring is 1. The van der Waals surface area contributed by atoms with E-state index in [2.05, 4.69) is 15.9 Å². The normalized spacial score (nSPS) is 20.1. The lowest BCUT2D eigenvalue weighted by Crippen LogP contribution is -2.37. The molecule has 0 aliphatic carbocycles. The molecule has 7 heteroatoms. The van der Waals surface area contributed by atoms with Crippen molar-refractivity contribution in [2.75, 3.05) is 26.0 Å². The van der Waals surface area contributed by atoms with Crippen LogP contribution in [0, 0.1) is 6.92 Å². The zero-order valence-electron chi connectivity index (χ0n) is 10.9. The highest BCUT2D eigenvalue weighted by molar-refractivity contribution is 9.10. The molecule has 5 nitrogen and oxygen atoms in total. The fraction of sp³-hybridized carbons (Fsp3) is 0.500. The van der Waals surface area contributed by atoms with Crippen LogP contribution < -0.4 is 5.73 Å². The fourth-order valence-electron chi connectivity index (χ4n) is 2.11. The standard InChI is InChI=1S/C12H17BrN2O3S/c1-8-5-10(13)11(14)6-12(8)19(16,17)15(2)9-3-4-18-7-9/h5-6,9H,3-4,7,14H2,1-2H3. The molecule has 2 N–H and O–H groups in total. The van der Waals surface area contributed by atoms with Gasteiger partial charge in [0, 0.05) is 23.8 Å². The molecule has 1 aromatic rings. The van der Waals surface area contributed by atoms with Gasteiger partial charge in [-0.3, -0.25) is 0 Å². The minimum absolute atomic E-state index is 0.103. The smallest absolute Gasteiger partial charge is 0.243 e. The van der Waals surface area contributed by atoms with Crippen molar-refractivity contribution >= 4 is 31.6 Å². The van der Waals surface area contributed by atoms with E-state index in [1.165, 1.54) is 10.4 Å². The van der Waals surface area contributed by atoms with Crippen LogP contribution in [0.2, 0.25) is 0 Å². The molecule has 0 bridgehead atoms. The molecular weight excluding hydrogens is 332 g/mol. The summed E-state index contributed by atoms with van der Waals surface area (Å²) in [4.78, 5) is 0.252. The van der Waals surface area contributed by atoms with Crippen LogP contribution in [-0.4, -0.2) is 39.0 Å². The number of sulfonamides is 1. The summed E-state index contributed by atoms with van der Waals surface area (Å²) in [6.45, 7) is 2.81. The highest BCUT2D eigenvalue weighted by atomic mass is 79.9. The van der Waals surface area contributed by atoms with E-state index in [0.717, 1.165) is 6.42 Å². The SMILES string of the molecule is Cc1cc(Br)c(N)cc1S(=O)(=O)N(C)C1CCOC1. The number of rotatable bonds is 3. The van der Waals surface area contributed by atoms with Gasteiger partial charge in [-0.1, -0.05) is 0 Å². The van der Waals surface area contributed by atoms with E-state index in [4.69, 9.17) is 10.5 Å². The van der Waals surface area contributed by atoms with Crippen LogP contribution in [0.3, 0.4) is 0 Å². The molecule has 2 rings (SSSR count). The molecule has 1 unspecified atom stereocenters. The Morgan fingerprint density at radius 2 is 2.16 bits per heavy atom. The third-order valence-electron chi connectivity index (χ3n) is 3.37. The molecular formula is C12H17BrN2O3S. The fourth-order valence-corrected chi connectivity index (χ4v) is 4.18. The molecule has 19 heavy (non-hydrogen) atoms. The quantitative estimate of drug-likeness (QED) is 0.844. The van der Waals surface area contributed by atoms with Gasteiger partial charge in [-0.25, -0.2) is 8.42 Å². The number of hydrogen-bond acceptors (Lipinski definition) is 4. The molecule has 1 saturated heterocycles. The number of likely N-dealkylation sites (N-methyl/N-ethyl adjacent to an activating group) is 1. The summed E-state index contributed by atoms with van der Waals surface area (Å²) in [6, 6.07) is 3.12. The molecule has 1 heterocycles. The van der Waals surface area contributed by atoms with Gasteiger partial charge < -0.3 is 10.5 Å². The van der Waals surface area contributed by atoms with Crippen molar-refractivity contribution in [3.63, 3.8) is 0 Å². The number of benzene rings is 1. The zero-order chi connectivity index (χ0) is 14.2. The highest BCUT2D eigenvalue weighted by Crippen LogP contribution is 2.29. The molecule has 0 radical (unpaired) electrons. The number of halogens is 1. The maximum atomic E-state index is 12.6. The molecule has 106 valence electrons. The van der Waals surface area contributed by atoms with Gasteiger partial charge in [0.05, 0.1) is 17.5 Å². The summed E-state index contributed by atoms with van der Waals surface area (Å²) in [6.07, 6.45) is 0.723. The van der Waals surface area contributed by atoms with Crippen LogP contribution in [0.5, 0.6) is 0 Å². The number of nitrogens with zero attached hydrogens (tertiary/aromatic N) is 1. The second-order valence-corrected chi connectivity index (χ2v) is 7.50. The summed E-state index contributed by atoms with van der Waals surface area (Å²) in [7, 11) is -1.95. The summed E-state index contributed by atoms with van der Waals surface area (Å²) in [5, 5.41) is 0. The van der Waals surface area contributed by atoms with Gasteiger partial charge in [-0.05, 0) is 47.0 Å².